The molecule has 0 spiro atoms. The fourth-order valence-electron chi connectivity index (χ4n) is 3.09. The minimum atomic E-state index is -0.491. The molecule has 0 radical (unpaired) electrons. The molecule has 5 nitrogen and oxygen atoms in total. The van der Waals surface area contributed by atoms with Crippen LogP contribution in [0, 0.1) is 6.92 Å². The minimum absolute atomic E-state index is 0.194. The summed E-state index contributed by atoms with van der Waals surface area (Å²) in [6, 6.07) is 21.4. The van der Waals surface area contributed by atoms with Crippen molar-refractivity contribution in [1.29, 1.82) is 0 Å². The molecule has 160 valence electrons. The number of nitrogens with zero attached hydrogens (tertiary/aromatic N) is 1. The van der Waals surface area contributed by atoms with Gasteiger partial charge in [0.25, 0.3) is 11.1 Å². The van der Waals surface area contributed by atoms with Gasteiger partial charge in [-0.3, -0.25) is 14.5 Å². The summed E-state index contributed by atoms with van der Waals surface area (Å²) in [5.41, 5.74) is 2.87. The Balaban J connectivity index is 1.54. The van der Waals surface area contributed by atoms with Crippen LogP contribution in [0.2, 0.25) is 0 Å². The van der Waals surface area contributed by atoms with Crippen LogP contribution >= 0.6 is 27.7 Å². The smallest absolute Gasteiger partial charge is 0.343 e. The molecule has 32 heavy (non-hydrogen) atoms. The zero-order valence-corrected chi connectivity index (χ0v) is 19.5. The number of carbonyl (C=O) groups is 3. The number of para-hydroxylation sites is 1. The maximum atomic E-state index is 12.9. The number of esters is 1. The van der Waals surface area contributed by atoms with E-state index in [0.717, 1.165) is 27.4 Å². The van der Waals surface area contributed by atoms with E-state index in [1.165, 1.54) is 4.90 Å². The number of ether oxygens (including phenoxy) is 1. The quantitative estimate of drug-likeness (QED) is 0.233. The first-order valence-corrected chi connectivity index (χ1v) is 11.4. The Labute approximate surface area is 198 Å². The Hall–Kier alpha value is -3.16. The molecule has 1 aliphatic heterocycles. The van der Waals surface area contributed by atoms with Gasteiger partial charge in [0.05, 0.1) is 17.0 Å². The lowest BCUT2D eigenvalue weighted by atomic mass is 10.1. The van der Waals surface area contributed by atoms with Crippen LogP contribution in [-0.4, -0.2) is 22.0 Å². The van der Waals surface area contributed by atoms with Crippen LogP contribution in [0.25, 0.3) is 6.08 Å². The molecule has 0 atom stereocenters. The first-order chi connectivity index (χ1) is 15.4. The number of imide groups is 1. The summed E-state index contributed by atoms with van der Waals surface area (Å²) in [7, 11) is 0. The topological polar surface area (TPSA) is 63.7 Å². The van der Waals surface area contributed by atoms with Gasteiger partial charge >= 0.3 is 5.97 Å². The predicted octanol–water partition coefficient (Wildman–Crippen LogP) is 6.21. The van der Waals surface area contributed by atoms with Crippen LogP contribution in [0.1, 0.15) is 27.0 Å². The summed E-state index contributed by atoms with van der Waals surface area (Å²) in [6.45, 7) is 2.13. The highest BCUT2D eigenvalue weighted by Gasteiger charge is 2.35. The van der Waals surface area contributed by atoms with Gasteiger partial charge < -0.3 is 4.74 Å². The molecule has 0 aromatic heterocycles. The number of rotatable bonds is 5. The van der Waals surface area contributed by atoms with E-state index in [0.29, 0.717) is 16.9 Å². The van der Waals surface area contributed by atoms with E-state index in [2.05, 4.69) is 15.9 Å². The molecule has 4 rings (SSSR count). The van der Waals surface area contributed by atoms with E-state index in [1.54, 1.807) is 42.5 Å². The first-order valence-electron chi connectivity index (χ1n) is 9.78. The highest BCUT2D eigenvalue weighted by Crippen LogP contribution is 2.35. The summed E-state index contributed by atoms with van der Waals surface area (Å²) < 4.78 is 6.49. The molecule has 1 fully saturated rings. The van der Waals surface area contributed by atoms with Crippen LogP contribution in [0.15, 0.2) is 82.2 Å². The molecule has 2 amide bonds. The fourth-order valence-corrected chi connectivity index (χ4v) is 4.18. The third kappa shape index (κ3) is 5.00. The molecule has 0 saturated carbocycles. The third-order valence-electron chi connectivity index (χ3n) is 4.82. The van der Waals surface area contributed by atoms with Gasteiger partial charge in [-0.25, -0.2) is 4.79 Å². The lowest BCUT2D eigenvalue weighted by Gasteiger charge is -2.12. The van der Waals surface area contributed by atoms with Gasteiger partial charge in [-0.2, -0.15) is 0 Å². The molecule has 1 heterocycles. The molecule has 1 aliphatic rings. The summed E-state index contributed by atoms with van der Waals surface area (Å²) >= 11 is 4.25. The number of thioether (sulfide) groups is 1. The van der Waals surface area contributed by atoms with Crippen LogP contribution in [-0.2, 0) is 11.3 Å². The van der Waals surface area contributed by atoms with Crippen LogP contribution in [0.4, 0.5) is 4.79 Å². The van der Waals surface area contributed by atoms with Crippen molar-refractivity contribution in [2.24, 2.45) is 0 Å². The van der Waals surface area contributed by atoms with Crippen molar-refractivity contribution in [3.8, 4) is 5.75 Å². The number of carbonyl (C=O) groups excluding carboxylic acids is 3. The van der Waals surface area contributed by atoms with E-state index < -0.39 is 5.97 Å². The third-order valence-corrected chi connectivity index (χ3v) is 6.26. The van der Waals surface area contributed by atoms with E-state index >= 15 is 0 Å². The highest BCUT2D eigenvalue weighted by molar-refractivity contribution is 9.10. The van der Waals surface area contributed by atoms with Crippen molar-refractivity contribution in [2.45, 2.75) is 13.5 Å². The average molecular weight is 508 g/mol. The molecule has 0 N–H and O–H groups in total. The van der Waals surface area contributed by atoms with Crippen molar-refractivity contribution in [3.05, 3.63) is 104 Å². The number of hydrogen-bond acceptors (Lipinski definition) is 5. The summed E-state index contributed by atoms with van der Waals surface area (Å²) in [5.74, 6) is -0.547. The largest absolute Gasteiger partial charge is 0.422 e. The van der Waals surface area contributed by atoms with Crippen molar-refractivity contribution in [2.75, 3.05) is 0 Å². The van der Waals surface area contributed by atoms with Crippen molar-refractivity contribution in [3.63, 3.8) is 0 Å². The second-order valence-electron chi connectivity index (χ2n) is 7.19. The van der Waals surface area contributed by atoms with Crippen molar-refractivity contribution < 1.29 is 19.1 Å². The van der Waals surface area contributed by atoms with E-state index in [4.69, 9.17) is 4.74 Å². The van der Waals surface area contributed by atoms with Crippen molar-refractivity contribution in [1.82, 2.24) is 4.90 Å². The Morgan fingerprint density at radius 3 is 2.41 bits per heavy atom. The standard InChI is InChI=1S/C25H18BrNO4S/c1-16-6-10-18(11-7-16)24(29)31-21-5-3-2-4-19(21)14-22-23(28)27(25(30)32-22)15-17-8-12-20(26)13-9-17/h2-14H,15H2,1H3/b22-14-. The molecular weight excluding hydrogens is 490 g/mol. The minimum Gasteiger partial charge on any atom is -0.422 e. The van der Waals surface area contributed by atoms with Crippen LogP contribution in [0.5, 0.6) is 5.75 Å². The summed E-state index contributed by atoms with van der Waals surface area (Å²) in [5, 5.41) is -0.335. The Morgan fingerprint density at radius 2 is 1.69 bits per heavy atom. The molecule has 0 bridgehead atoms. The zero-order chi connectivity index (χ0) is 22.7. The van der Waals surface area contributed by atoms with E-state index in [-0.39, 0.29) is 22.6 Å². The summed E-state index contributed by atoms with van der Waals surface area (Å²) in [6.07, 6.45) is 1.59. The van der Waals surface area contributed by atoms with E-state index in [1.807, 2.05) is 43.3 Å². The number of hydrogen-bond donors (Lipinski definition) is 0. The lowest BCUT2D eigenvalue weighted by molar-refractivity contribution is -0.123. The fraction of sp³-hybridized carbons (Fsp3) is 0.0800. The molecule has 0 unspecified atom stereocenters. The molecule has 1 saturated heterocycles. The number of halogens is 1. The van der Waals surface area contributed by atoms with E-state index in [9.17, 15) is 14.4 Å². The molecule has 0 aliphatic carbocycles. The number of benzene rings is 3. The molecule has 3 aromatic carbocycles. The molecular formula is C25H18BrNO4S. The number of aryl methyl sites for hydroxylation is 1. The maximum absolute atomic E-state index is 12.9. The normalized spacial score (nSPS) is 14.8. The average Bonchev–Trinajstić information content (AvgIpc) is 3.04. The first kappa shape index (κ1) is 22.0. The SMILES string of the molecule is Cc1ccc(C(=O)Oc2ccccc2/C=C2\SC(=O)N(Cc3ccc(Br)cc3)C2=O)cc1. The van der Waals surface area contributed by atoms with Gasteiger partial charge in [0.15, 0.2) is 0 Å². The van der Waals surface area contributed by atoms with Gasteiger partial charge in [-0.1, -0.05) is 64.0 Å². The summed E-state index contributed by atoms with van der Waals surface area (Å²) in [4.78, 5) is 39.4. The maximum Gasteiger partial charge on any atom is 0.343 e. The Bertz CT molecular complexity index is 1220. The van der Waals surface area contributed by atoms with Gasteiger partial charge in [-0.15, -0.1) is 0 Å². The zero-order valence-electron chi connectivity index (χ0n) is 17.1. The number of amides is 2. The second kappa shape index (κ2) is 9.54. The Morgan fingerprint density at radius 1 is 1.00 bits per heavy atom. The molecule has 7 heteroatoms. The van der Waals surface area contributed by atoms with Gasteiger partial charge in [0.1, 0.15) is 5.75 Å². The van der Waals surface area contributed by atoms with Crippen LogP contribution in [0.3, 0.4) is 0 Å². The van der Waals surface area contributed by atoms with Gasteiger partial charge in [-0.05, 0) is 60.7 Å². The van der Waals surface area contributed by atoms with Gasteiger partial charge in [0, 0.05) is 10.0 Å². The highest BCUT2D eigenvalue weighted by atomic mass is 79.9. The molecule has 3 aromatic rings. The lowest BCUT2D eigenvalue weighted by Crippen LogP contribution is -2.27. The Kier molecular flexibility index (Phi) is 6.58. The monoisotopic (exact) mass is 507 g/mol. The second-order valence-corrected chi connectivity index (χ2v) is 9.10. The predicted molar refractivity (Wildman–Crippen MR) is 128 cm³/mol. The van der Waals surface area contributed by atoms with Crippen LogP contribution < -0.4 is 4.74 Å². The van der Waals surface area contributed by atoms with Gasteiger partial charge in [0.2, 0.25) is 0 Å². The van der Waals surface area contributed by atoms with Crippen molar-refractivity contribution >= 4 is 50.9 Å².